The van der Waals surface area contributed by atoms with Crippen LogP contribution in [-0.2, 0) is 16.9 Å². The molecule has 0 saturated heterocycles. The minimum atomic E-state index is -1.75. The zero-order valence-corrected chi connectivity index (χ0v) is 27.4. The first-order valence-electron chi connectivity index (χ1n) is 16.3. The minimum Gasteiger partial charge on any atom is -0.494 e. The molecule has 2 aromatic carbocycles. The number of ether oxygens (including phenoxy) is 3. The number of halogens is 1. The Hall–Kier alpha value is -3.49. The van der Waals surface area contributed by atoms with Gasteiger partial charge >= 0.3 is 6.03 Å². The lowest BCUT2D eigenvalue weighted by molar-refractivity contribution is -0.113. The van der Waals surface area contributed by atoms with Crippen molar-refractivity contribution in [3.8, 4) is 22.6 Å². The van der Waals surface area contributed by atoms with Crippen molar-refractivity contribution in [1.82, 2.24) is 15.6 Å². The molecule has 0 spiro atoms. The van der Waals surface area contributed by atoms with E-state index in [1.807, 2.05) is 36.5 Å². The number of aliphatic hydroxyl groups excluding tert-OH is 5. The number of hydrogen-bond donors (Lipinski definition) is 7. The number of nitrogens with one attached hydrogen (secondary N) is 2. The highest BCUT2D eigenvalue weighted by atomic mass is 35.5. The fourth-order valence-corrected chi connectivity index (χ4v) is 5.46. The Kier molecular flexibility index (Phi) is 12.5. The fraction of sp³-hybridized carbons (Fsp3) is 0.486. The van der Waals surface area contributed by atoms with Gasteiger partial charge in [-0.3, -0.25) is 4.98 Å². The molecule has 2 amide bonds. The number of carbonyl (C=O) groups is 1. The van der Waals surface area contributed by atoms with Crippen LogP contribution in [0.2, 0.25) is 5.02 Å². The number of amides is 2. The van der Waals surface area contributed by atoms with E-state index >= 15 is 0 Å². The Balaban J connectivity index is 1.06. The van der Waals surface area contributed by atoms with Crippen molar-refractivity contribution in [2.75, 3.05) is 26.3 Å². The molecule has 0 bridgehead atoms. The maximum Gasteiger partial charge on any atom is 0.314 e. The average molecular weight is 686 g/mol. The molecule has 2 fully saturated rings. The van der Waals surface area contributed by atoms with Crippen LogP contribution in [0, 0.1) is 0 Å². The van der Waals surface area contributed by atoms with E-state index in [0.29, 0.717) is 43.4 Å². The molecule has 1 aromatic heterocycles. The first-order chi connectivity index (χ1) is 23.2. The second-order valence-corrected chi connectivity index (χ2v) is 12.7. The summed E-state index contributed by atoms with van der Waals surface area (Å²) in [5, 5.41) is 53.2. The SMILES string of the molecule is O=C(NCCCCOc1ccc(Cl)c(COC2(c3cnccc3-c3ccccc3OC3CC3)CC2)c1)NC[C@H](O)[C@@H](O)[C@H](O)[C@H](O)CO. The van der Waals surface area contributed by atoms with Gasteiger partial charge in [0, 0.05) is 47.2 Å². The van der Waals surface area contributed by atoms with Crippen LogP contribution in [0.1, 0.15) is 49.7 Å². The van der Waals surface area contributed by atoms with Crippen LogP contribution in [0.5, 0.6) is 11.5 Å². The highest BCUT2D eigenvalue weighted by Gasteiger charge is 2.48. The zero-order valence-electron chi connectivity index (χ0n) is 26.6. The number of unbranched alkanes of at least 4 members (excludes halogenated alkanes) is 1. The molecule has 7 N–H and O–H groups in total. The van der Waals surface area contributed by atoms with E-state index in [9.17, 15) is 25.2 Å². The van der Waals surface area contributed by atoms with Crippen molar-refractivity contribution in [3.05, 3.63) is 77.1 Å². The predicted molar refractivity (Wildman–Crippen MR) is 178 cm³/mol. The minimum absolute atomic E-state index is 0.286. The molecule has 0 aliphatic heterocycles. The van der Waals surface area contributed by atoms with E-state index in [4.69, 9.17) is 30.9 Å². The van der Waals surface area contributed by atoms with E-state index in [2.05, 4.69) is 21.7 Å². The number of pyridine rings is 1. The lowest BCUT2D eigenvalue weighted by Crippen LogP contribution is -2.50. The molecule has 1 heterocycles. The number of aliphatic hydroxyl groups is 5. The number of benzene rings is 2. The summed E-state index contributed by atoms with van der Waals surface area (Å²) in [6.45, 7) is -0.0862. The summed E-state index contributed by atoms with van der Waals surface area (Å²) in [5.41, 5.74) is 3.48. The molecule has 2 aliphatic carbocycles. The summed E-state index contributed by atoms with van der Waals surface area (Å²) in [6.07, 6.45) is 2.51. The second kappa shape index (κ2) is 16.8. The molecule has 48 heavy (non-hydrogen) atoms. The maximum absolute atomic E-state index is 12.0. The molecule has 5 rings (SSSR count). The van der Waals surface area contributed by atoms with Crippen molar-refractivity contribution in [2.24, 2.45) is 0 Å². The summed E-state index contributed by atoms with van der Waals surface area (Å²) in [4.78, 5) is 16.4. The van der Waals surface area contributed by atoms with Crippen molar-refractivity contribution >= 4 is 17.6 Å². The molecule has 2 aliphatic rings. The third-order valence-electron chi connectivity index (χ3n) is 8.46. The third-order valence-corrected chi connectivity index (χ3v) is 8.82. The first-order valence-corrected chi connectivity index (χ1v) is 16.7. The highest BCUT2D eigenvalue weighted by molar-refractivity contribution is 6.31. The maximum atomic E-state index is 12.0. The van der Waals surface area contributed by atoms with Gasteiger partial charge in [-0.05, 0) is 74.4 Å². The summed E-state index contributed by atoms with van der Waals surface area (Å²) >= 11 is 6.55. The van der Waals surface area contributed by atoms with Crippen LogP contribution in [0.15, 0.2) is 60.9 Å². The Morgan fingerprint density at radius 2 is 1.75 bits per heavy atom. The summed E-state index contributed by atoms with van der Waals surface area (Å²) in [6, 6.07) is 15.0. The number of urea groups is 1. The number of carbonyl (C=O) groups excluding carboxylic acids is 1. The van der Waals surface area contributed by atoms with E-state index in [-0.39, 0.29) is 12.6 Å². The van der Waals surface area contributed by atoms with Crippen LogP contribution >= 0.6 is 11.6 Å². The first kappa shape index (κ1) is 35.8. The number of aromatic nitrogens is 1. The van der Waals surface area contributed by atoms with Gasteiger partial charge in [-0.15, -0.1) is 0 Å². The van der Waals surface area contributed by atoms with Crippen LogP contribution < -0.4 is 20.1 Å². The Morgan fingerprint density at radius 1 is 0.979 bits per heavy atom. The monoisotopic (exact) mass is 685 g/mol. The van der Waals surface area contributed by atoms with Crippen LogP contribution in [0.4, 0.5) is 4.79 Å². The van der Waals surface area contributed by atoms with E-state index in [0.717, 1.165) is 53.7 Å². The zero-order chi connectivity index (χ0) is 34.1. The van der Waals surface area contributed by atoms with E-state index in [1.54, 1.807) is 18.3 Å². The molecular weight excluding hydrogens is 642 g/mol. The largest absolute Gasteiger partial charge is 0.494 e. The number of nitrogens with zero attached hydrogens (tertiary/aromatic N) is 1. The van der Waals surface area contributed by atoms with Crippen molar-refractivity contribution in [3.63, 3.8) is 0 Å². The molecule has 3 aromatic rings. The van der Waals surface area contributed by atoms with Gasteiger partial charge in [0.1, 0.15) is 29.8 Å². The summed E-state index contributed by atoms with van der Waals surface area (Å²) < 4.78 is 18.7. The Labute approximate surface area is 284 Å². The van der Waals surface area contributed by atoms with Crippen LogP contribution in [-0.4, -0.2) is 93.4 Å². The van der Waals surface area contributed by atoms with E-state index in [1.165, 1.54) is 0 Å². The van der Waals surface area contributed by atoms with Gasteiger partial charge in [-0.25, -0.2) is 4.79 Å². The van der Waals surface area contributed by atoms with E-state index < -0.39 is 42.7 Å². The number of hydrogen-bond acceptors (Lipinski definition) is 10. The lowest BCUT2D eigenvalue weighted by atomic mass is 9.96. The van der Waals surface area contributed by atoms with Crippen LogP contribution in [0.3, 0.4) is 0 Å². The van der Waals surface area contributed by atoms with Gasteiger partial charge < -0.3 is 50.4 Å². The second-order valence-electron chi connectivity index (χ2n) is 12.3. The van der Waals surface area contributed by atoms with Crippen LogP contribution in [0.25, 0.3) is 11.1 Å². The van der Waals surface area contributed by atoms with Gasteiger partial charge in [0.15, 0.2) is 0 Å². The molecule has 12 nitrogen and oxygen atoms in total. The summed E-state index contributed by atoms with van der Waals surface area (Å²) in [5.74, 6) is 1.53. The molecule has 4 atom stereocenters. The van der Waals surface area contributed by atoms with Gasteiger partial charge in [-0.2, -0.15) is 0 Å². The quantitative estimate of drug-likeness (QED) is 0.0927. The predicted octanol–water partition coefficient (Wildman–Crippen LogP) is 3.04. The number of para-hydroxylation sites is 1. The van der Waals surface area contributed by atoms with Gasteiger partial charge in [-0.1, -0.05) is 29.8 Å². The van der Waals surface area contributed by atoms with Crippen molar-refractivity contribution < 1.29 is 44.5 Å². The molecular formula is C35H44ClN3O9. The molecule has 13 heteroatoms. The summed E-state index contributed by atoms with van der Waals surface area (Å²) in [7, 11) is 0. The normalized spacial score (nSPS) is 17.5. The molecule has 260 valence electrons. The third kappa shape index (κ3) is 9.56. The number of rotatable bonds is 19. The van der Waals surface area contributed by atoms with Crippen molar-refractivity contribution in [1.29, 1.82) is 0 Å². The standard InChI is InChI=1S/C35H44ClN3O9/c36-28-10-9-24(46-16-4-3-14-38-34(45)39-19-29(41)32(43)33(44)30(42)20-40)17-22(28)21-47-35(12-13-35)27-18-37-15-11-25(27)26-5-1-2-6-31(26)48-23-7-8-23/h1-2,5-6,9-11,15,17-18,23,29-30,32-33,40-44H,3-4,7-8,12-14,16,19-21H2,(H2,38,39,45)/t29-,30+,32+,33+/m0/s1. The molecule has 2 saturated carbocycles. The van der Waals surface area contributed by atoms with Crippen molar-refractivity contribution in [2.45, 2.75) is 81.3 Å². The Morgan fingerprint density at radius 3 is 2.50 bits per heavy atom. The van der Waals surface area contributed by atoms with Gasteiger partial charge in [0.2, 0.25) is 0 Å². The molecule has 0 unspecified atom stereocenters. The topological polar surface area (TPSA) is 183 Å². The Bertz CT molecular complexity index is 1500. The smallest absolute Gasteiger partial charge is 0.314 e. The average Bonchev–Trinajstić information content (AvgIpc) is 4.05. The molecule has 0 radical (unpaired) electrons. The fourth-order valence-electron chi connectivity index (χ4n) is 5.28. The van der Waals surface area contributed by atoms with Gasteiger partial charge in [0.25, 0.3) is 0 Å². The van der Waals surface area contributed by atoms with Gasteiger partial charge in [0.05, 0.1) is 37.6 Å². The highest BCUT2D eigenvalue weighted by Crippen LogP contribution is 2.53. The lowest BCUT2D eigenvalue weighted by Gasteiger charge is -2.25.